The summed E-state index contributed by atoms with van der Waals surface area (Å²) in [5.74, 6) is 0. The van der Waals surface area contributed by atoms with E-state index in [2.05, 4.69) is 199 Å². The lowest BCUT2D eigenvalue weighted by atomic mass is 9.68. The summed E-state index contributed by atoms with van der Waals surface area (Å²) in [7, 11) is 0. The summed E-state index contributed by atoms with van der Waals surface area (Å²) < 4.78 is 0. The van der Waals surface area contributed by atoms with Crippen LogP contribution in [-0.4, -0.2) is 6.04 Å². The van der Waals surface area contributed by atoms with E-state index in [-0.39, 0.29) is 18.1 Å². The minimum Gasteiger partial charge on any atom is -0.376 e. The average Bonchev–Trinajstić information content (AvgIpc) is 3.74. The second-order valence-electron chi connectivity index (χ2n) is 15.6. The number of rotatable bonds is 3. The van der Waals surface area contributed by atoms with E-state index in [1.54, 1.807) is 0 Å². The van der Waals surface area contributed by atoms with Crippen LogP contribution in [0.1, 0.15) is 51.9 Å². The van der Waals surface area contributed by atoms with Gasteiger partial charge in [-0.3, -0.25) is 5.32 Å². The summed E-state index contributed by atoms with van der Waals surface area (Å²) >= 11 is 0. The molecule has 2 N–H and O–H groups in total. The molecule has 3 aliphatic carbocycles. The Hall–Kier alpha value is -6.48. The smallest absolute Gasteiger partial charge is 0.0733 e. The molecule has 0 fully saturated rings. The van der Waals surface area contributed by atoms with Crippen LogP contribution in [0.25, 0.3) is 44.2 Å². The molecule has 0 aromatic heterocycles. The van der Waals surface area contributed by atoms with E-state index in [9.17, 15) is 0 Å². The highest BCUT2D eigenvalue weighted by molar-refractivity contribution is 6.09. The Balaban J connectivity index is 1.06. The molecule has 0 saturated carbocycles. The lowest BCUT2D eigenvalue weighted by molar-refractivity contribution is 0.458. The minimum atomic E-state index is -0.462. The molecule has 5 aliphatic rings. The molecular formula is C53H38N2. The van der Waals surface area contributed by atoms with Crippen LogP contribution in [-0.2, 0) is 5.41 Å². The first-order valence-electron chi connectivity index (χ1n) is 19.6. The van der Waals surface area contributed by atoms with Gasteiger partial charge in [0.05, 0.1) is 17.5 Å². The summed E-state index contributed by atoms with van der Waals surface area (Å²) in [6.07, 6.45) is 12.5. The maximum Gasteiger partial charge on any atom is 0.0733 e. The van der Waals surface area contributed by atoms with Gasteiger partial charge in [-0.25, -0.2) is 0 Å². The zero-order valence-electron chi connectivity index (χ0n) is 30.3. The second kappa shape index (κ2) is 11.8. The Morgan fingerprint density at radius 2 is 1.25 bits per heavy atom. The van der Waals surface area contributed by atoms with Gasteiger partial charge in [-0.2, -0.15) is 0 Å². The SMILES string of the molecule is C1=CC2=C(NC(c3ccccc3)C=C2)C2NC(c3ccc4c(c3)C3(c5ccccc5-c5ccccc53)c3c-4c(-c4ccccc4)cc4ccccc34)CC=C12. The van der Waals surface area contributed by atoms with Crippen LogP contribution in [0.3, 0.4) is 0 Å². The maximum atomic E-state index is 4.17. The Kier molecular flexibility index (Phi) is 6.61. The van der Waals surface area contributed by atoms with Gasteiger partial charge >= 0.3 is 0 Å². The molecule has 2 nitrogen and oxygen atoms in total. The largest absolute Gasteiger partial charge is 0.376 e. The van der Waals surface area contributed by atoms with Crippen molar-refractivity contribution < 1.29 is 0 Å². The van der Waals surface area contributed by atoms with Gasteiger partial charge in [0.1, 0.15) is 0 Å². The number of dihydropyridines is 1. The molecule has 3 atom stereocenters. The van der Waals surface area contributed by atoms with Crippen LogP contribution >= 0.6 is 0 Å². The van der Waals surface area contributed by atoms with Gasteiger partial charge in [0, 0.05) is 11.7 Å². The van der Waals surface area contributed by atoms with Crippen LogP contribution in [0.5, 0.6) is 0 Å². The Labute approximate surface area is 321 Å². The third kappa shape index (κ3) is 4.35. The van der Waals surface area contributed by atoms with Gasteiger partial charge in [-0.1, -0.05) is 182 Å². The Morgan fingerprint density at radius 3 is 2.05 bits per heavy atom. The van der Waals surface area contributed by atoms with Gasteiger partial charge in [-0.15, -0.1) is 0 Å². The van der Waals surface area contributed by atoms with Crippen molar-refractivity contribution in [1.82, 2.24) is 10.6 Å². The number of hydrogen-bond acceptors (Lipinski definition) is 2. The fourth-order valence-electron chi connectivity index (χ4n) is 10.5. The highest BCUT2D eigenvalue weighted by Gasteiger charge is 2.53. The molecule has 2 heteroatoms. The molecular weight excluding hydrogens is 665 g/mol. The predicted octanol–water partition coefficient (Wildman–Crippen LogP) is 11.9. The van der Waals surface area contributed by atoms with Crippen molar-refractivity contribution in [3.05, 3.63) is 238 Å². The molecule has 2 heterocycles. The van der Waals surface area contributed by atoms with Gasteiger partial charge < -0.3 is 5.32 Å². The number of hydrogen-bond donors (Lipinski definition) is 2. The van der Waals surface area contributed by atoms with Gasteiger partial charge in [-0.05, 0) is 101 Å². The van der Waals surface area contributed by atoms with E-state index in [4.69, 9.17) is 0 Å². The number of fused-ring (bicyclic) bond motifs is 14. The topological polar surface area (TPSA) is 24.1 Å². The Bertz CT molecular complexity index is 2810. The summed E-state index contributed by atoms with van der Waals surface area (Å²) in [6, 6.07) is 59.4. The monoisotopic (exact) mass is 702 g/mol. The zero-order chi connectivity index (χ0) is 36.1. The van der Waals surface area contributed by atoms with Crippen molar-refractivity contribution >= 4 is 10.8 Å². The quantitative estimate of drug-likeness (QED) is 0.192. The fraction of sp³-hybridized carbons (Fsp3) is 0.0943. The van der Waals surface area contributed by atoms with E-state index >= 15 is 0 Å². The first-order chi connectivity index (χ1) is 27.3. The standard InChI is InChI=1S/C53H38N2/c1-3-13-33(14-4-1)43-31-37-17-7-8-18-39(37)50-49(43)42-28-25-38(32-46(42)53(50)44-21-11-9-19-40(44)41-20-10-12-22-45(41)53)48-30-27-36-24-23-35-26-29-47(34-15-5-2-6-16-34)54-51(35)52(36)55-48/h1-29,31-32,47-48,52,54-55H,30H2. The third-order valence-electron chi connectivity index (χ3n) is 12.9. The van der Waals surface area contributed by atoms with Gasteiger partial charge in [0.15, 0.2) is 0 Å². The van der Waals surface area contributed by atoms with Gasteiger partial charge in [0.2, 0.25) is 0 Å². The average molecular weight is 703 g/mol. The fourth-order valence-corrected chi connectivity index (χ4v) is 10.5. The highest BCUT2D eigenvalue weighted by Crippen LogP contribution is 2.65. The Morgan fingerprint density at radius 1 is 0.545 bits per heavy atom. The molecule has 7 aromatic carbocycles. The third-order valence-corrected chi connectivity index (χ3v) is 12.9. The molecule has 0 amide bonds. The first kappa shape index (κ1) is 30.9. The molecule has 260 valence electrons. The second-order valence-corrected chi connectivity index (χ2v) is 15.6. The van der Waals surface area contributed by atoms with Crippen molar-refractivity contribution in [3.8, 4) is 33.4 Å². The lowest BCUT2D eigenvalue weighted by Gasteiger charge is -2.38. The van der Waals surface area contributed by atoms with Crippen LogP contribution in [0.15, 0.2) is 205 Å². The van der Waals surface area contributed by atoms with Crippen molar-refractivity contribution in [1.29, 1.82) is 0 Å². The number of nitrogens with one attached hydrogen (secondary N) is 2. The van der Waals surface area contributed by atoms with E-state index in [0.29, 0.717) is 0 Å². The van der Waals surface area contributed by atoms with Crippen molar-refractivity contribution in [2.45, 2.75) is 30.0 Å². The number of allylic oxidation sites excluding steroid dienone is 3. The molecule has 0 bridgehead atoms. The van der Waals surface area contributed by atoms with Gasteiger partial charge in [0.25, 0.3) is 0 Å². The summed E-state index contributed by atoms with van der Waals surface area (Å²) in [5.41, 5.74) is 19.4. The molecule has 12 rings (SSSR count). The summed E-state index contributed by atoms with van der Waals surface area (Å²) in [4.78, 5) is 0. The van der Waals surface area contributed by atoms with E-state index in [1.807, 2.05) is 0 Å². The molecule has 55 heavy (non-hydrogen) atoms. The summed E-state index contributed by atoms with van der Waals surface area (Å²) in [6.45, 7) is 0. The van der Waals surface area contributed by atoms with Crippen molar-refractivity contribution in [2.75, 3.05) is 0 Å². The minimum absolute atomic E-state index is 0.0934. The normalized spacial score (nSPS) is 20.6. The molecule has 1 spiro atoms. The first-order valence-corrected chi connectivity index (χ1v) is 19.6. The van der Waals surface area contributed by atoms with Crippen LogP contribution in [0.4, 0.5) is 0 Å². The van der Waals surface area contributed by atoms with Crippen LogP contribution in [0.2, 0.25) is 0 Å². The molecule has 2 aliphatic heterocycles. The molecule has 0 saturated heterocycles. The predicted molar refractivity (Wildman–Crippen MR) is 226 cm³/mol. The van der Waals surface area contributed by atoms with E-state index in [0.717, 1.165) is 6.42 Å². The van der Waals surface area contributed by atoms with E-state index in [1.165, 1.54) is 94.4 Å². The summed E-state index contributed by atoms with van der Waals surface area (Å²) in [5, 5.41) is 10.7. The van der Waals surface area contributed by atoms with Crippen LogP contribution in [0, 0.1) is 0 Å². The molecule has 3 unspecified atom stereocenters. The highest BCUT2D eigenvalue weighted by atomic mass is 15.1. The zero-order valence-corrected chi connectivity index (χ0v) is 30.3. The van der Waals surface area contributed by atoms with Crippen LogP contribution < -0.4 is 10.6 Å². The lowest BCUT2D eigenvalue weighted by Crippen LogP contribution is -2.45. The van der Waals surface area contributed by atoms with Crippen molar-refractivity contribution in [2.24, 2.45) is 0 Å². The molecule has 7 aromatic rings. The van der Waals surface area contributed by atoms with E-state index < -0.39 is 5.41 Å². The number of benzene rings is 7. The maximum absolute atomic E-state index is 4.17. The molecule has 0 radical (unpaired) electrons. The van der Waals surface area contributed by atoms with Crippen molar-refractivity contribution in [3.63, 3.8) is 0 Å².